The molecule has 1 N–H and O–H groups in total. The number of hydrogen-bond donors (Lipinski definition) is 1. The van der Waals surface area contributed by atoms with E-state index in [1.807, 2.05) is 0 Å². The maximum absolute atomic E-state index is 3.79. The highest BCUT2D eigenvalue weighted by Crippen LogP contribution is 2.31. The molecule has 3 unspecified atom stereocenters. The Morgan fingerprint density at radius 1 is 1.10 bits per heavy atom. The first-order valence-corrected chi connectivity index (χ1v) is 8.39. The average Bonchev–Trinajstić information content (AvgIpc) is 2.36. The normalized spacial score (nSPS) is 26.7. The Morgan fingerprint density at radius 3 is 2.45 bits per heavy atom. The van der Waals surface area contributed by atoms with Crippen molar-refractivity contribution >= 4 is 0 Å². The molecule has 3 atom stereocenters. The van der Waals surface area contributed by atoms with E-state index in [1.54, 1.807) is 0 Å². The van der Waals surface area contributed by atoms with Gasteiger partial charge in [-0.05, 0) is 69.9 Å². The molecule has 0 radical (unpaired) electrons. The molecule has 2 rings (SSSR count). The van der Waals surface area contributed by atoms with Gasteiger partial charge in [-0.2, -0.15) is 0 Å². The Kier molecular flexibility index (Phi) is 5.65. The Bertz CT molecular complexity index is 402. The molecule has 0 bridgehead atoms. The van der Waals surface area contributed by atoms with Crippen LogP contribution in [0.4, 0.5) is 0 Å². The van der Waals surface area contributed by atoms with E-state index >= 15 is 0 Å². The average molecular weight is 273 g/mol. The van der Waals surface area contributed by atoms with Crippen molar-refractivity contribution in [2.24, 2.45) is 11.8 Å². The molecule has 1 fully saturated rings. The van der Waals surface area contributed by atoms with Crippen LogP contribution in [0.15, 0.2) is 18.2 Å². The second-order valence-corrected chi connectivity index (χ2v) is 6.94. The molecule has 1 aliphatic carbocycles. The molecule has 112 valence electrons. The van der Waals surface area contributed by atoms with Crippen LogP contribution >= 0.6 is 0 Å². The Labute approximate surface area is 125 Å². The van der Waals surface area contributed by atoms with Gasteiger partial charge in [-0.1, -0.05) is 43.2 Å². The molecular formula is C19H31N. The highest BCUT2D eigenvalue weighted by molar-refractivity contribution is 5.29. The highest BCUT2D eigenvalue weighted by atomic mass is 14.9. The second-order valence-electron chi connectivity index (χ2n) is 6.94. The van der Waals surface area contributed by atoms with Gasteiger partial charge in [0.05, 0.1) is 0 Å². The van der Waals surface area contributed by atoms with E-state index in [0.717, 1.165) is 17.9 Å². The van der Waals surface area contributed by atoms with E-state index in [2.05, 4.69) is 51.2 Å². The predicted octanol–water partition coefficient (Wildman–Crippen LogP) is 4.65. The number of rotatable bonds is 5. The fourth-order valence-corrected chi connectivity index (χ4v) is 3.81. The number of hydrogen-bond acceptors (Lipinski definition) is 1. The highest BCUT2D eigenvalue weighted by Gasteiger charge is 2.28. The third-order valence-corrected chi connectivity index (χ3v) is 4.68. The van der Waals surface area contributed by atoms with Crippen molar-refractivity contribution < 1.29 is 0 Å². The van der Waals surface area contributed by atoms with Gasteiger partial charge in [-0.15, -0.1) is 0 Å². The molecule has 1 heteroatoms. The van der Waals surface area contributed by atoms with E-state index < -0.39 is 0 Å². The third kappa shape index (κ3) is 4.34. The summed E-state index contributed by atoms with van der Waals surface area (Å²) in [5, 5.41) is 3.79. The summed E-state index contributed by atoms with van der Waals surface area (Å²) in [4.78, 5) is 0. The summed E-state index contributed by atoms with van der Waals surface area (Å²) in [6, 6.07) is 7.76. The molecule has 1 nitrogen and oxygen atoms in total. The molecule has 1 aliphatic rings. The van der Waals surface area contributed by atoms with E-state index in [4.69, 9.17) is 0 Å². The smallest absolute Gasteiger partial charge is 0.00986 e. The SMILES string of the molecule is CCCNC1CCC(C)CC1Cc1cc(C)cc(C)c1. The van der Waals surface area contributed by atoms with Crippen molar-refractivity contribution in [1.29, 1.82) is 0 Å². The van der Waals surface area contributed by atoms with E-state index in [9.17, 15) is 0 Å². The molecule has 0 heterocycles. The van der Waals surface area contributed by atoms with Gasteiger partial charge < -0.3 is 5.32 Å². The van der Waals surface area contributed by atoms with E-state index in [0.29, 0.717) is 0 Å². The quantitative estimate of drug-likeness (QED) is 0.823. The summed E-state index contributed by atoms with van der Waals surface area (Å²) in [5.41, 5.74) is 4.34. The first kappa shape index (κ1) is 15.6. The summed E-state index contributed by atoms with van der Waals surface area (Å²) in [6.45, 7) is 10.3. The Hall–Kier alpha value is -0.820. The summed E-state index contributed by atoms with van der Waals surface area (Å²) in [7, 11) is 0. The van der Waals surface area contributed by atoms with Crippen molar-refractivity contribution in [1.82, 2.24) is 5.32 Å². The minimum absolute atomic E-state index is 0.729. The van der Waals surface area contributed by atoms with Gasteiger partial charge in [0.25, 0.3) is 0 Å². The molecular weight excluding hydrogens is 242 g/mol. The van der Waals surface area contributed by atoms with E-state index in [-0.39, 0.29) is 0 Å². The van der Waals surface area contributed by atoms with Gasteiger partial charge in [-0.3, -0.25) is 0 Å². The lowest BCUT2D eigenvalue weighted by Crippen LogP contribution is -2.41. The zero-order valence-electron chi connectivity index (χ0n) is 13.7. The maximum Gasteiger partial charge on any atom is 0.00986 e. The summed E-state index contributed by atoms with van der Waals surface area (Å²) < 4.78 is 0. The van der Waals surface area contributed by atoms with Crippen molar-refractivity contribution in [3.63, 3.8) is 0 Å². The summed E-state index contributed by atoms with van der Waals surface area (Å²) in [6.07, 6.45) is 6.62. The summed E-state index contributed by atoms with van der Waals surface area (Å²) >= 11 is 0. The molecule has 0 aliphatic heterocycles. The number of nitrogens with one attached hydrogen (secondary N) is 1. The number of benzene rings is 1. The summed E-state index contributed by atoms with van der Waals surface area (Å²) in [5.74, 6) is 1.71. The lowest BCUT2D eigenvalue weighted by molar-refractivity contribution is 0.212. The second kappa shape index (κ2) is 7.26. The van der Waals surface area contributed by atoms with Crippen LogP contribution in [0.2, 0.25) is 0 Å². The van der Waals surface area contributed by atoms with Crippen LogP contribution in [0.5, 0.6) is 0 Å². The van der Waals surface area contributed by atoms with Crippen LogP contribution in [0, 0.1) is 25.7 Å². The van der Waals surface area contributed by atoms with Gasteiger partial charge in [0.15, 0.2) is 0 Å². The standard InChI is InChI=1S/C19H31N/c1-5-8-20-19-7-6-14(2)12-18(19)13-17-10-15(3)9-16(4)11-17/h9-11,14,18-20H,5-8,12-13H2,1-4H3. The maximum atomic E-state index is 3.79. The Balaban J connectivity index is 2.06. The van der Waals surface area contributed by atoms with Crippen LogP contribution in [0.1, 0.15) is 56.2 Å². The molecule has 1 aromatic carbocycles. The van der Waals surface area contributed by atoms with Crippen LogP contribution in [0.25, 0.3) is 0 Å². The van der Waals surface area contributed by atoms with Gasteiger partial charge in [0.2, 0.25) is 0 Å². The molecule has 0 spiro atoms. The molecule has 1 aromatic rings. The van der Waals surface area contributed by atoms with Crippen molar-refractivity contribution in [3.8, 4) is 0 Å². The first-order chi connectivity index (χ1) is 9.58. The van der Waals surface area contributed by atoms with E-state index in [1.165, 1.54) is 55.3 Å². The zero-order valence-corrected chi connectivity index (χ0v) is 13.7. The Morgan fingerprint density at radius 2 is 1.80 bits per heavy atom. The predicted molar refractivity (Wildman–Crippen MR) is 88.2 cm³/mol. The zero-order chi connectivity index (χ0) is 14.5. The fraction of sp³-hybridized carbons (Fsp3) is 0.684. The van der Waals surface area contributed by atoms with Gasteiger partial charge in [0.1, 0.15) is 0 Å². The first-order valence-electron chi connectivity index (χ1n) is 8.39. The van der Waals surface area contributed by atoms with Crippen LogP contribution in [-0.2, 0) is 6.42 Å². The van der Waals surface area contributed by atoms with Crippen LogP contribution < -0.4 is 5.32 Å². The molecule has 20 heavy (non-hydrogen) atoms. The fourth-order valence-electron chi connectivity index (χ4n) is 3.81. The third-order valence-electron chi connectivity index (χ3n) is 4.68. The van der Waals surface area contributed by atoms with Gasteiger partial charge >= 0.3 is 0 Å². The largest absolute Gasteiger partial charge is 0.314 e. The van der Waals surface area contributed by atoms with Crippen LogP contribution in [-0.4, -0.2) is 12.6 Å². The number of aryl methyl sites for hydroxylation is 2. The lowest BCUT2D eigenvalue weighted by Gasteiger charge is -2.36. The lowest BCUT2D eigenvalue weighted by atomic mass is 9.76. The molecule has 0 saturated heterocycles. The van der Waals surface area contributed by atoms with Crippen molar-refractivity contribution in [2.45, 2.75) is 65.8 Å². The van der Waals surface area contributed by atoms with Crippen LogP contribution in [0.3, 0.4) is 0 Å². The monoisotopic (exact) mass is 273 g/mol. The molecule has 0 aromatic heterocycles. The molecule has 0 amide bonds. The van der Waals surface area contributed by atoms with Crippen molar-refractivity contribution in [2.75, 3.05) is 6.54 Å². The van der Waals surface area contributed by atoms with Crippen molar-refractivity contribution in [3.05, 3.63) is 34.9 Å². The van der Waals surface area contributed by atoms with Gasteiger partial charge in [-0.25, -0.2) is 0 Å². The minimum Gasteiger partial charge on any atom is -0.314 e. The minimum atomic E-state index is 0.729. The van der Waals surface area contributed by atoms with Gasteiger partial charge in [0, 0.05) is 6.04 Å². The molecule has 1 saturated carbocycles. The topological polar surface area (TPSA) is 12.0 Å².